The van der Waals surface area contributed by atoms with Gasteiger partial charge in [0.2, 0.25) is 5.89 Å². The molecule has 2 fully saturated rings. The number of esters is 1. The van der Waals surface area contributed by atoms with E-state index in [2.05, 4.69) is 69.0 Å². The van der Waals surface area contributed by atoms with Crippen LogP contribution in [0, 0.1) is 11.2 Å². The molecule has 0 aliphatic carbocycles. The van der Waals surface area contributed by atoms with Crippen LogP contribution in [0.3, 0.4) is 0 Å². The van der Waals surface area contributed by atoms with E-state index in [9.17, 15) is 23.6 Å². The van der Waals surface area contributed by atoms with Crippen molar-refractivity contribution in [3.8, 4) is 22.3 Å². The first-order valence-electron chi connectivity index (χ1n) is 27.3. The molecule has 2 saturated heterocycles. The maximum absolute atomic E-state index is 14.6. The highest BCUT2D eigenvalue weighted by molar-refractivity contribution is 6.31. The number of hydrogen-bond acceptors (Lipinski definition) is 14. The van der Waals surface area contributed by atoms with Gasteiger partial charge in [-0.15, -0.1) is 5.10 Å². The van der Waals surface area contributed by atoms with Gasteiger partial charge in [-0.1, -0.05) is 78.3 Å². The highest BCUT2D eigenvalue weighted by Gasteiger charge is 2.46. The summed E-state index contributed by atoms with van der Waals surface area (Å²) in [6.45, 7) is 15.3. The quantitative estimate of drug-likeness (QED) is 0.0742. The predicted molar refractivity (Wildman–Crippen MR) is 311 cm³/mol. The number of halogens is 2. The lowest BCUT2D eigenvalue weighted by Gasteiger charge is -2.40. The summed E-state index contributed by atoms with van der Waals surface area (Å²) < 4.78 is 33.2. The van der Waals surface area contributed by atoms with Crippen LogP contribution < -0.4 is 16.4 Å². The minimum Gasteiger partial charge on any atom is -0.466 e. The van der Waals surface area contributed by atoms with Crippen molar-refractivity contribution in [3.05, 3.63) is 172 Å². The van der Waals surface area contributed by atoms with Gasteiger partial charge < -0.3 is 34.3 Å². The summed E-state index contributed by atoms with van der Waals surface area (Å²) in [5.74, 6) is 0.923. The van der Waals surface area contributed by atoms with E-state index in [0.717, 1.165) is 39.5 Å². The van der Waals surface area contributed by atoms with Gasteiger partial charge in [-0.25, -0.2) is 33.7 Å². The molecule has 0 saturated carbocycles. The Morgan fingerprint density at radius 1 is 0.720 bits per heavy atom. The van der Waals surface area contributed by atoms with Crippen molar-refractivity contribution in [2.45, 2.75) is 104 Å². The fourth-order valence-electron chi connectivity index (χ4n) is 10.4. The van der Waals surface area contributed by atoms with E-state index < -0.39 is 33.9 Å². The van der Waals surface area contributed by atoms with E-state index in [-0.39, 0.29) is 40.7 Å². The number of carbonyl (C=O) groups excluding carboxylic acids is 3. The molecule has 10 rings (SSSR count). The van der Waals surface area contributed by atoms with Crippen LogP contribution in [0.4, 0.5) is 32.5 Å². The summed E-state index contributed by atoms with van der Waals surface area (Å²) in [5, 5.41) is 24.5. The van der Waals surface area contributed by atoms with Crippen molar-refractivity contribution in [1.82, 2.24) is 49.9 Å². The molecule has 4 N–H and O–H groups in total. The van der Waals surface area contributed by atoms with Gasteiger partial charge >= 0.3 is 17.8 Å². The highest BCUT2D eigenvalue weighted by atomic mass is 35.5. The molecule has 428 valence electrons. The summed E-state index contributed by atoms with van der Waals surface area (Å²) in [6, 6.07) is 36.1. The topological polar surface area (TPSA) is 231 Å². The fraction of sp³-hybridized carbons (Fsp3) is 0.361. The fourth-order valence-corrected chi connectivity index (χ4v) is 10.6. The number of amides is 2. The molecule has 8 aromatic rings. The largest absolute Gasteiger partial charge is 0.466 e. The Balaban J connectivity index is 0.000000198. The van der Waals surface area contributed by atoms with Gasteiger partial charge in [0.15, 0.2) is 5.82 Å². The molecule has 2 aliphatic rings. The van der Waals surface area contributed by atoms with E-state index in [1.54, 1.807) is 34.3 Å². The number of likely N-dealkylation sites (tertiary alicyclic amines) is 2. The van der Waals surface area contributed by atoms with Crippen molar-refractivity contribution >= 4 is 52.8 Å². The van der Waals surface area contributed by atoms with Gasteiger partial charge in [-0.2, -0.15) is 10.2 Å². The second kappa shape index (κ2) is 24.6. The lowest BCUT2D eigenvalue weighted by atomic mass is 9.74. The standard InChI is InChI=1S/C32H43N5O4.C29H25ClFN7O3/c1-8-40-28(38)32(15-18-36(19-16-32)29(39)41-31(5,6)7)22-25-20-24(23-12-10-9-11-13-23)21-26(34-25)35-27-14-17-33-37(27)30(2,3)4;30-22-8-4-7-21(25(22)31)26(39)38-13-10-29(11-14-38,27-36-37-28(40)41-27)17-20-15-19(18-5-2-1-3-6-18)16-24(33-20)34-23-9-12-32-35-23/h9-14,17,20-21H,8,15-16,18-19,22H2,1-7H3,(H,34,35);1-9,12,15-16H,10-11,13-14,17H2,(H,37,40)(H2,32,33,34,35). The van der Waals surface area contributed by atoms with Crippen LogP contribution in [0.2, 0.25) is 5.02 Å². The number of benzene rings is 3. The van der Waals surface area contributed by atoms with Crippen molar-refractivity contribution in [2.24, 2.45) is 5.41 Å². The second-order valence-electron chi connectivity index (χ2n) is 22.6. The molecule has 3 aromatic carbocycles. The Labute approximate surface area is 480 Å². The number of H-pyrrole nitrogens is 2. The van der Waals surface area contributed by atoms with E-state index in [4.69, 9.17) is 35.5 Å². The van der Waals surface area contributed by atoms with Crippen LogP contribution >= 0.6 is 11.6 Å². The molecule has 82 heavy (non-hydrogen) atoms. The average molecular weight is 1140 g/mol. The van der Waals surface area contributed by atoms with Crippen LogP contribution in [-0.4, -0.2) is 106 Å². The number of aromatic amines is 2. The Morgan fingerprint density at radius 3 is 1.89 bits per heavy atom. The maximum atomic E-state index is 14.6. The normalized spacial score (nSPS) is 15.0. The van der Waals surface area contributed by atoms with Crippen LogP contribution in [0.15, 0.2) is 137 Å². The summed E-state index contributed by atoms with van der Waals surface area (Å²) >= 11 is 5.91. The predicted octanol–water partition coefficient (Wildman–Crippen LogP) is 11.7. The number of nitrogens with one attached hydrogen (secondary N) is 4. The molecule has 21 heteroatoms. The van der Waals surface area contributed by atoms with Gasteiger partial charge in [-0.05, 0) is 133 Å². The number of nitrogens with zero attached hydrogens (tertiary/aromatic N) is 8. The molecule has 0 bridgehead atoms. The minimum atomic E-state index is -0.804. The van der Waals surface area contributed by atoms with Crippen molar-refractivity contribution < 1.29 is 32.7 Å². The smallest absolute Gasteiger partial charge is 0.434 e. The number of rotatable bonds is 14. The molecular weight excluding hydrogens is 1070 g/mol. The van der Waals surface area contributed by atoms with Crippen molar-refractivity contribution in [3.63, 3.8) is 0 Å². The molecule has 0 unspecified atom stereocenters. The summed E-state index contributed by atoms with van der Waals surface area (Å²) in [5.41, 5.74) is 3.07. The Kier molecular flexibility index (Phi) is 17.4. The number of carbonyl (C=O) groups is 3. The highest BCUT2D eigenvalue weighted by Crippen LogP contribution is 2.41. The first-order chi connectivity index (χ1) is 39.2. The van der Waals surface area contributed by atoms with Crippen molar-refractivity contribution in [2.75, 3.05) is 43.4 Å². The molecule has 0 atom stereocenters. The van der Waals surface area contributed by atoms with Gasteiger partial charge in [0, 0.05) is 62.5 Å². The number of pyridine rings is 2. The van der Waals surface area contributed by atoms with Crippen molar-refractivity contribution in [1.29, 1.82) is 0 Å². The number of hydrogen-bond donors (Lipinski definition) is 4. The Hall–Kier alpha value is -8.65. The van der Waals surface area contributed by atoms with Crippen LogP contribution in [0.25, 0.3) is 22.3 Å². The SMILES string of the molecule is CCOC(=O)C1(Cc2cc(-c3ccccc3)cc(Nc3ccnn3C(C)(C)C)n2)CCN(C(=O)OC(C)(C)C)CC1.O=C(c1cccc(Cl)c1F)N1CCC(Cc2cc(-c3ccccc3)cc(Nc3ccn[nH]3)n2)(c2n[nH]c(=O)o2)CC1. The minimum absolute atomic E-state index is 0.0805. The first-order valence-corrected chi connectivity index (χ1v) is 27.7. The average Bonchev–Trinajstić information content (AvgIpc) is 3.97. The van der Waals surface area contributed by atoms with E-state index in [1.807, 2.05) is 111 Å². The summed E-state index contributed by atoms with van der Waals surface area (Å²) in [7, 11) is 0. The van der Waals surface area contributed by atoms with Gasteiger partial charge in [-0.3, -0.25) is 14.7 Å². The van der Waals surface area contributed by atoms with Crippen LogP contribution in [0.5, 0.6) is 0 Å². The van der Waals surface area contributed by atoms with Crippen LogP contribution in [-0.2, 0) is 38.1 Å². The second-order valence-corrected chi connectivity index (χ2v) is 23.0. The Bertz CT molecular complexity index is 3540. The monoisotopic (exact) mass is 1130 g/mol. The first kappa shape index (κ1) is 58.0. The number of ether oxygens (including phenoxy) is 2. The molecule has 2 amide bonds. The molecule has 0 spiro atoms. The lowest BCUT2D eigenvalue weighted by molar-refractivity contribution is -0.158. The Morgan fingerprint density at radius 2 is 1.33 bits per heavy atom. The summed E-state index contributed by atoms with van der Waals surface area (Å²) in [4.78, 5) is 64.5. The van der Waals surface area contributed by atoms with E-state index >= 15 is 0 Å². The maximum Gasteiger partial charge on any atom is 0.434 e. The van der Waals surface area contributed by atoms with Gasteiger partial charge in [0.25, 0.3) is 5.91 Å². The van der Waals surface area contributed by atoms with Gasteiger partial charge in [0.05, 0.1) is 46.0 Å². The number of anilines is 4. The third kappa shape index (κ3) is 13.9. The zero-order chi connectivity index (χ0) is 58.2. The number of piperidine rings is 2. The summed E-state index contributed by atoms with van der Waals surface area (Å²) in [6.07, 6.45) is 5.57. The molecule has 2 aliphatic heterocycles. The molecule has 0 radical (unpaired) electrons. The molecular formula is C61H68ClFN12O7. The zero-order valence-electron chi connectivity index (χ0n) is 47.1. The number of aromatic nitrogens is 8. The molecule has 19 nitrogen and oxygen atoms in total. The van der Waals surface area contributed by atoms with E-state index in [1.165, 1.54) is 12.1 Å². The van der Waals surface area contributed by atoms with Gasteiger partial charge in [0.1, 0.15) is 28.9 Å². The third-order valence-corrected chi connectivity index (χ3v) is 14.8. The van der Waals surface area contributed by atoms with E-state index in [0.29, 0.717) is 82.2 Å². The zero-order valence-corrected chi connectivity index (χ0v) is 47.8. The lowest BCUT2D eigenvalue weighted by Crippen LogP contribution is -2.49. The molecule has 5 aromatic heterocycles. The third-order valence-electron chi connectivity index (χ3n) is 14.5. The van der Waals surface area contributed by atoms with Crippen LogP contribution in [0.1, 0.15) is 102 Å². The molecule has 7 heterocycles.